The number of ether oxygens (including phenoxy) is 2. The first-order valence-electron chi connectivity index (χ1n) is 12.5. The van der Waals surface area contributed by atoms with Gasteiger partial charge in [0.05, 0.1) is 17.7 Å². The van der Waals surface area contributed by atoms with Gasteiger partial charge in [-0.1, -0.05) is 6.92 Å². The van der Waals surface area contributed by atoms with E-state index < -0.39 is 0 Å². The number of nitrogens with zero attached hydrogens (tertiary/aromatic N) is 2. The Hall–Kier alpha value is -2.81. The average Bonchev–Trinajstić information content (AvgIpc) is 3.61. The van der Waals surface area contributed by atoms with Gasteiger partial charge in [0.2, 0.25) is 5.91 Å². The van der Waals surface area contributed by atoms with E-state index in [-0.39, 0.29) is 48.6 Å². The standard InChI is InChI=1S/C26H40N4O5/c1-16(2)27-26(33)28-20-9-10-21-22(12-20)35-15-18(4)30(24(31)11-19-7-8-19)13-17(3)23(34-6)14-29(5)25(21)32/h9-10,12,16-19,23H,7-8,11,13-15H2,1-6H3,(H2,27,28,33)/t17-,18-,23+/m0/s1. The Morgan fingerprint density at radius 2 is 1.91 bits per heavy atom. The predicted molar refractivity (Wildman–Crippen MR) is 135 cm³/mol. The van der Waals surface area contributed by atoms with E-state index in [4.69, 9.17) is 9.47 Å². The molecule has 9 nitrogen and oxygen atoms in total. The van der Waals surface area contributed by atoms with Crippen LogP contribution in [0.1, 0.15) is 57.3 Å². The minimum atomic E-state index is -0.335. The molecule has 4 amide bonds. The molecular weight excluding hydrogens is 448 g/mol. The molecule has 0 unspecified atom stereocenters. The number of hydrogen-bond donors (Lipinski definition) is 2. The minimum absolute atomic E-state index is 0.0121. The van der Waals surface area contributed by atoms with Gasteiger partial charge in [0.15, 0.2) is 0 Å². The highest BCUT2D eigenvalue weighted by molar-refractivity contribution is 5.98. The van der Waals surface area contributed by atoms with Crippen LogP contribution in [-0.4, -0.2) is 79.7 Å². The van der Waals surface area contributed by atoms with Gasteiger partial charge in [-0.15, -0.1) is 0 Å². The monoisotopic (exact) mass is 488 g/mol. The van der Waals surface area contributed by atoms with Crippen molar-refractivity contribution >= 4 is 23.5 Å². The van der Waals surface area contributed by atoms with E-state index in [1.807, 2.05) is 25.7 Å². The van der Waals surface area contributed by atoms with E-state index in [0.717, 1.165) is 12.8 Å². The lowest BCUT2D eigenvalue weighted by atomic mass is 10.0. The second kappa shape index (κ2) is 11.7. The zero-order valence-corrected chi connectivity index (χ0v) is 21.8. The van der Waals surface area contributed by atoms with E-state index in [9.17, 15) is 14.4 Å². The predicted octanol–water partition coefficient (Wildman–Crippen LogP) is 3.35. The number of amides is 4. The third-order valence-electron chi connectivity index (χ3n) is 6.60. The molecule has 0 saturated heterocycles. The molecule has 1 aliphatic heterocycles. The van der Waals surface area contributed by atoms with Crippen molar-refractivity contribution in [1.82, 2.24) is 15.1 Å². The summed E-state index contributed by atoms with van der Waals surface area (Å²) < 4.78 is 11.9. The van der Waals surface area contributed by atoms with Crippen molar-refractivity contribution in [3.63, 3.8) is 0 Å². The van der Waals surface area contributed by atoms with Gasteiger partial charge in [0, 0.05) is 57.4 Å². The molecule has 1 fully saturated rings. The first-order chi connectivity index (χ1) is 16.6. The molecule has 1 aromatic carbocycles. The highest BCUT2D eigenvalue weighted by atomic mass is 16.5. The number of fused-ring (bicyclic) bond motifs is 1. The molecule has 194 valence electrons. The Morgan fingerprint density at radius 1 is 1.20 bits per heavy atom. The smallest absolute Gasteiger partial charge is 0.319 e. The molecular formula is C26H40N4O5. The summed E-state index contributed by atoms with van der Waals surface area (Å²) in [6.45, 7) is 8.91. The number of likely N-dealkylation sites (N-methyl/N-ethyl adjacent to an activating group) is 1. The third-order valence-corrected chi connectivity index (χ3v) is 6.60. The lowest BCUT2D eigenvalue weighted by Crippen LogP contribution is -2.48. The fraction of sp³-hybridized carbons (Fsp3) is 0.654. The SMILES string of the molecule is CO[C@@H]1CN(C)C(=O)c2ccc(NC(=O)NC(C)C)cc2OC[C@H](C)N(C(=O)CC2CC2)C[C@@H]1C. The number of carbonyl (C=O) groups is 3. The maximum absolute atomic E-state index is 13.3. The van der Waals surface area contributed by atoms with Crippen LogP contribution in [0.3, 0.4) is 0 Å². The second-order valence-corrected chi connectivity index (χ2v) is 10.3. The lowest BCUT2D eigenvalue weighted by Gasteiger charge is -2.36. The number of rotatable bonds is 5. The Kier molecular flexibility index (Phi) is 8.99. The minimum Gasteiger partial charge on any atom is -0.491 e. The summed E-state index contributed by atoms with van der Waals surface area (Å²) in [7, 11) is 3.37. The highest BCUT2D eigenvalue weighted by Crippen LogP contribution is 2.33. The van der Waals surface area contributed by atoms with Gasteiger partial charge < -0.3 is 29.9 Å². The quantitative estimate of drug-likeness (QED) is 0.662. The van der Waals surface area contributed by atoms with Gasteiger partial charge in [-0.25, -0.2) is 4.79 Å². The number of hydrogen-bond acceptors (Lipinski definition) is 5. The first-order valence-corrected chi connectivity index (χ1v) is 12.5. The molecule has 2 N–H and O–H groups in total. The normalized spacial score (nSPS) is 23.6. The van der Waals surface area contributed by atoms with Crippen LogP contribution in [0, 0.1) is 11.8 Å². The van der Waals surface area contributed by atoms with E-state index >= 15 is 0 Å². The zero-order valence-electron chi connectivity index (χ0n) is 21.8. The van der Waals surface area contributed by atoms with Crippen molar-refractivity contribution in [3.05, 3.63) is 23.8 Å². The van der Waals surface area contributed by atoms with Crippen LogP contribution in [0.4, 0.5) is 10.5 Å². The van der Waals surface area contributed by atoms with Gasteiger partial charge in [0.1, 0.15) is 12.4 Å². The Labute approximate surface area is 208 Å². The number of methoxy groups -OCH3 is 1. The van der Waals surface area contributed by atoms with Crippen molar-refractivity contribution < 1.29 is 23.9 Å². The molecule has 0 radical (unpaired) electrons. The summed E-state index contributed by atoms with van der Waals surface area (Å²) in [5.74, 6) is 0.828. The van der Waals surface area contributed by atoms with E-state index in [1.165, 1.54) is 0 Å². The van der Waals surface area contributed by atoms with Gasteiger partial charge >= 0.3 is 6.03 Å². The summed E-state index contributed by atoms with van der Waals surface area (Å²) in [5.41, 5.74) is 0.913. The van der Waals surface area contributed by atoms with Crippen molar-refractivity contribution in [2.24, 2.45) is 11.8 Å². The number of urea groups is 1. The first kappa shape index (κ1) is 26.8. The van der Waals surface area contributed by atoms with Crippen LogP contribution >= 0.6 is 0 Å². The summed E-state index contributed by atoms with van der Waals surface area (Å²) in [6, 6.07) is 4.47. The maximum Gasteiger partial charge on any atom is 0.319 e. The molecule has 35 heavy (non-hydrogen) atoms. The zero-order chi connectivity index (χ0) is 25.7. The Balaban J connectivity index is 1.90. The summed E-state index contributed by atoms with van der Waals surface area (Å²) in [6.07, 6.45) is 2.56. The van der Waals surface area contributed by atoms with Gasteiger partial charge in [-0.2, -0.15) is 0 Å². The van der Waals surface area contributed by atoms with Gasteiger partial charge in [-0.05, 0) is 51.7 Å². The Bertz CT molecular complexity index is 917. The lowest BCUT2D eigenvalue weighted by molar-refractivity contribution is -0.135. The molecule has 1 saturated carbocycles. The number of benzene rings is 1. The highest BCUT2D eigenvalue weighted by Gasteiger charge is 2.33. The van der Waals surface area contributed by atoms with Crippen LogP contribution in [0.5, 0.6) is 5.75 Å². The summed E-state index contributed by atoms with van der Waals surface area (Å²) in [4.78, 5) is 42.2. The molecule has 0 spiro atoms. The van der Waals surface area contributed by atoms with Crippen molar-refractivity contribution in [2.75, 3.05) is 39.2 Å². The topological polar surface area (TPSA) is 100 Å². The third kappa shape index (κ3) is 7.34. The van der Waals surface area contributed by atoms with E-state index in [2.05, 4.69) is 17.6 Å². The van der Waals surface area contributed by atoms with E-state index in [0.29, 0.717) is 42.4 Å². The summed E-state index contributed by atoms with van der Waals surface area (Å²) in [5, 5.41) is 5.57. The largest absolute Gasteiger partial charge is 0.491 e. The van der Waals surface area contributed by atoms with Gasteiger partial charge in [0.25, 0.3) is 5.91 Å². The number of anilines is 1. The maximum atomic E-state index is 13.3. The van der Waals surface area contributed by atoms with Crippen LogP contribution in [0.25, 0.3) is 0 Å². The number of carbonyl (C=O) groups excluding carboxylic acids is 3. The van der Waals surface area contributed by atoms with Crippen LogP contribution in [0.15, 0.2) is 18.2 Å². The Morgan fingerprint density at radius 3 is 2.54 bits per heavy atom. The molecule has 3 rings (SSSR count). The number of nitrogens with one attached hydrogen (secondary N) is 2. The fourth-order valence-electron chi connectivity index (χ4n) is 4.31. The van der Waals surface area contributed by atoms with Gasteiger partial charge in [-0.3, -0.25) is 9.59 Å². The molecule has 3 atom stereocenters. The van der Waals surface area contributed by atoms with Crippen molar-refractivity contribution in [2.45, 2.75) is 65.1 Å². The van der Waals surface area contributed by atoms with Crippen molar-refractivity contribution in [3.8, 4) is 5.75 Å². The van der Waals surface area contributed by atoms with Crippen molar-refractivity contribution in [1.29, 1.82) is 0 Å². The molecule has 9 heteroatoms. The van der Waals surface area contributed by atoms with Crippen LogP contribution in [-0.2, 0) is 9.53 Å². The summed E-state index contributed by atoms with van der Waals surface area (Å²) >= 11 is 0. The van der Waals surface area contributed by atoms with E-state index in [1.54, 1.807) is 37.3 Å². The molecule has 0 bridgehead atoms. The fourth-order valence-corrected chi connectivity index (χ4v) is 4.31. The average molecular weight is 489 g/mol. The van der Waals surface area contributed by atoms with Crippen LogP contribution < -0.4 is 15.4 Å². The molecule has 1 heterocycles. The van der Waals surface area contributed by atoms with Crippen LogP contribution in [0.2, 0.25) is 0 Å². The molecule has 1 aliphatic carbocycles. The molecule has 2 aliphatic rings. The second-order valence-electron chi connectivity index (χ2n) is 10.3. The molecule has 0 aromatic heterocycles. The molecule has 1 aromatic rings.